The SMILES string of the molecule is CCC(C)C(=O)C1CC1c1ccccc1. The molecule has 0 N–H and O–H groups in total. The van der Waals surface area contributed by atoms with Crippen LogP contribution in [0.15, 0.2) is 30.3 Å². The monoisotopic (exact) mass is 202 g/mol. The summed E-state index contributed by atoms with van der Waals surface area (Å²) in [6, 6.07) is 10.4. The van der Waals surface area contributed by atoms with Gasteiger partial charge in [-0.05, 0) is 24.3 Å². The standard InChI is InChI=1S/C14H18O/c1-3-10(2)14(15)13-9-12(13)11-7-5-4-6-8-11/h4-8,10,12-13H,3,9H2,1-2H3. The second kappa shape index (κ2) is 4.18. The van der Waals surface area contributed by atoms with Crippen LogP contribution >= 0.6 is 0 Å². The Balaban J connectivity index is 2.00. The number of carbonyl (C=O) groups excluding carboxylic acids is 1. The average Bonchev–Trinajstić information content (AvgIpc) is 3.08. The van der Waals surface area contributed by atoms with Gasteiger partial charge in [-0.15, -0.1) is 0 Å². The molecule has 15 heavy (non-hydrogen) atoms. The van der Waals surface area contributed by atoms with E-state index in [9.17, 15) is 4.79 Å². The smallest absolute Gasteiger partial charge is 0.139 e. The van der Waals surface area contributed by atoms with Gasteiger partial charge in [-0.3, -0.25) is 4.79 Å². The Kier molecular flexibility index (Phi) is 2.90. The summed E-state index contributed by atoms with van der Waals surface area (Å²) >= 11 is 0. The lowest BCUT2D eigenvalue weighted by atomic mass is 9.97. The Morgan fingerprint density at radius 1 is 1.40 bits per heavy atom. The number of hydrogen-bond acceptors (Lipinski definition) is 1. The van der Waals surface area contributed by atoms with E-state index in [1.54, 1.807) is 0 Å². The van der Waals surface area contributed by atoms with E-state index >= 15 is 0 Å². The van der Waals surface area contributed by atoms with Crippen molar-refractivity contribution in [1.82, 2.24) is 0 Å². The van der Waals surface area contributed by atoms with Gasteiger partial charge in [0, 0.05) is 11.8 Å². The third kappa shape index (κ3) is 2.11. The Morgan fingerprint density at radius 2 is 2.07 bits per heavy atom. The van der Waals surface area contributed by atoms with Gasteiger partial charge in [0.25, 0.3) is 0 Å². The quantitative estimate of drug-likeness (QED) is 0.731. The number of ketones is 1. The van der Waals surface area contributed by atoms with Crippen LogP contribution < -0.4 is 0 Å². The first-order valence-electron chi connectivity index (χ1n) is 5.82. The lowest BCUT2D eigenvalue weighted by Gasteiger charge is -2.06. The van der Waals surface area contributed by atoms with Gasteiger partial charge >= 0.3 is 0 Å². The molecular weight excluding hydrogens is 184 g/mol. The second-order valence-corrected chi connectivity index (χ2v) is 4.57. The minimum absolute atomic E-state index is 0.240. The largest absolute Gasteiger partial charge is 0.299 e. The predicted molar refractivity (Wildman–Crippen MR) is 61.8 cm³/mol. The second-order valence-electron chi connectivity index (χ2n) is 4.57. The van der Waals surface area contributed by atoms with E-state index in [4.69, 9.17) is 0 Å². The van der Waals surface area contributed by atoms with E-state index < -0.39 is 0 Å². The van der Waals surface area contributed by atoms with Gasteiger partial charge in [0.2, 0.25) is 0 Å². The van der Waals surface area contributed by atoms with E-state index in [2.05, 4.69) is 31.2 Å². The summed E-state index contributed by atoms with van der Waals surface area (Å²) in [5, 5.41) is 0. The van der Waals surface area contributed by atoms with Crippen molar-refractivity contribution < 1.29 is 4.79 Å². The third-order valence-electron chi connectivity index (χ3n) is 3.48. The third-order valence-corrected chi connectivity index (χ3v) is 3.48. The first-order chi connectivity index (χ1) is 7.24. The molecule has 0 saturated heterocycles. The molecule has 1 fully saturated rings. The van der Waals surface area contributed by atoms with Crippen LogP contribution in [-0.2, 0) is 4.79 Å². The normalized spacial score (nSPS) is 26.0. The van der Waals surface area contributed by atoms with Gasteiger partial charge in [0.05, 0.1) is 0 Å². The molecule has 1 aliphatic rings. The van der Waals surface area contributed by atoms with Crippen molar-refractivity contribution in [2.24, 2.45) is 11.8 Å². The van der Waals surface area contributed by atoms with E-state index in [0.29, 0.717) is 17.6 Å². The number of Topliss-reactive ketones (excluding diaryl/α,β-unsaturated/α-hetero) is 1. The summed E-state index contributed by atoms with van der Waals surface area (Å²) in [6.07, 6.45) is 2.03. The molecule has 0 amide bonds. The molecular formula is C14H18O. The van der Waals surface area contributed by atoms with Gasteiger partial charge in [-0.25, -0.2) is 0 Å². The Labute approximate surface area is 91.5 Å². The van der Waals surface area contributed by atoms with Crippen molar-refractivity contribution in [3.05, 3.63) is 35.9 Å². The van der Waals surface area contributed by atoms with Crippen LogP contribution in [0.2, 0.25) is 0 Å². The van der Waals surface area contributed by atoms with E-state index in [0.717, 1.165) is 12.8 Å². The zero-order valence-electron chi connectivity index (χ0n) is 9.44. The summed E-state index contributed by atoms with van der Waals surface area (Å²) in [5.74, 6) is 1.52. The van der Waals surface area contributed by atoms with Crippen LogP contribution in [-0.4, -0.2) is 5.78 Å². The van der Waals surface area contributed by atoms with Crippen LogP contribution in [0.5, 0.6) is 0 Å². The van der Waals surface area contributed by atoms with Gasteiger partial charge in [0.1, 0.15) is 5.78 Å². The van der Waals surface area contributed by atoms with E-state index in [-0.39, 0.29) is 5.92 Å². The van der Waals surface area contributed by atoms with Crippen molar-refractivity contribution in [3.63, 3.8) is 0 Å². The molecule has 0 bridgehead atoms. The minimum atomic E-state index is 0.240. The highest BCUT2D eigenvalue weighted by molar-refractivity contribution is 5.86. The van der Waals surface area contributed by atoms with Crippen LogP contribution in [0.25, 0.3) is 0 Å². The lowest BCUT2D eigenvalue weighted by Crippen LogP contribution is -2.12. The lowest BCUT2D eigenvalue weighted by molar-refractivity contribution is -0.123. The highest BCUT2D eigenvalue weighted by Gasteiger charge is 2.44. The van der Waals surface area contributed by atoms with Gasteiger partial charge in [0.15, 0.2) is 0 Å². The predicted octanol–water partition coefficient (Wildman–Crippen LogP) is 3.41. The molecule has 3 unspecified atom stereocenters. The maximum absolute atomic E-state index is 11.9. The van der Waals surface area contributed by atoms with E-state index in [1.807, 2.05) is 13.0 Å². The van der Waals surface area contributed by atoms with Crippen molar-refractivity contribution >= 4 is 5.78 Å². The molecule has 1 nitrogen and oxygen atoms in total. The fourth-order valence-corrected chi connectivity index (χ4v) is 2.14. The molecule has 2 rings (SSSR count). The van der Waals surface area contributed by atoms with Crippen molar-refractivity contribution in [2.45, 2.75) is 32.6 Å². The first kappa shape index (κ1) is 10.4. The fourth-order valence-electron chi connectivity index (χ4n) is 2.14. The van der Waals surface area contributed by atoms with Gasteiger partial charge < -0.3 is 0 Å². The molecule has 0 heterocycles. The zero-order valence-corrected chi connectivity index (χ0v) is 9.44. The Hall–Kier alpha value is -1.11. The topological polar surface area (TPSA) is 17.1 Å². The molecule has 0 spiro atoms. The maximum atomic E-state index is 11.9. The molecule has 1 saturated carbocycles. The number of rotatable bonds is 4. The van der Waals surface area contributed by atoms with Crippen LogP contribution in [0.1, 0.15) is 38.2 Å². The first-order valence-corrected chi connectivity index (χ1v) is 5.82. The van der Waals surface area contributed by atoms with Crippen LogP contribution in [0.4, 0.5) is 0 Å². The summed E-state index contributed by atoms with van der Waals surface area (Å²) in [6.45, 7) is 4.13. The molecule has 1 aliphatic carbocycles. The van der Waals surface area contributed by atoms with Crippen LogP contribution in [0.3, 0.4) is 0 Å². The van der Waals surface area contributed by atoms with Crippen molar-refractivity contribution in [1.29, 1.82) is 0 Å². The zero-order chi connectivity index (χ0) is 10.8. The summed E-state index contributed by atoms with van der Waals surface area (Å²) in [5.41, 5.74) is 1.33. The highest BCUT2D eigenvalue weighted by atomic mass is 16.1. The molecule has 0 aromatic heterocycles. The number of hydrogen-bond donors (Lipinski definition) is 0. The van der Waals surface area contributed by atoms with E-state index in [1.165, 1.54) is 5.56 Å². The van der Waals surface area contributed by atoms with Gasteiger partial charge in [-0.2, -0.15) is 0 Å². The molecule has 3 atom stereocenters. The number of carbonyl (C=O) groups is 1. The Morgan fingerprint density at radius 3 is 2.67 bits per heavy atom. The van der Waals surface area contributed by atoms with Crippen LogP contribution in [0, 0.1) is 11.8 Å². The van der Waals surface area contributed by atoms with Crippen molar-refractivity contribution in [2.75, 3.05) is 0 Å². The summed E-state index contributed by atoms with van der Waals surface area (Å²) in [4.78, 5) is 11.9. The summed E-state index contributed by atoms with van der Waals surface area (Å²) in [7, 11) is 0. The molecule has 1 aromatic carbocycles. The number of benzene rings is 1. The van der Waals surface area contributed by atoms with Crippen molar-refractivity contribution in [3.8, 4) is 0 Å². The maximum Gasteiger partial charge on any atom is 0.139 e. The molecule has 0 aliphatic heterocycles. The molecule has 80 valence electrons. The highest BCUT2D eigenvalue weighted by Crippen LogP contribution is 2.49. The minimum Gasteiger partial charge on any atom is -0.299 e. The molecule has 0 radical (unpaired) electrons. The average molecular weight is 202 g/mol. The molecule has 1 aromatic rings. The summed E-state index contributed by atoms with van der Waals surface area (Å²) < 4.78 is 0. The fraction of sp³-hybridized carbons (Fsp3) is 0.500. The van der Waals surface area contributed by atoms with Gasteiger partial charge in [-0.1, -0.05) is 44.2 Å². The Bertz CT molecular complexity index is 342. The molecule has 1 heteroatoms.